The molecular weight excluding hydrogens is 901 g/mol. The quantitative estimate of drug-likeness (QED) is 0.0824. The molecule has 0 spiro atoms. The van der Waals surface area contributed by atoms with Crippen molar-refractivity contribution in [2.45, 2.75) is 101 Å². The molecule has 10 rings (SSSR count). The number of H-pyrrole nitrogens is 2. The molecule has 4 aliphatic rings. The van der Waals surface area contributed by atoms with Crippen LogP contribution in [0.25, 0.3) is 22.1 Å². The Balaban J connectivity index is 0.728. The molecule has 2 amide bonds. The number of nitrogens with zero attached hydrogens (tertiary/aromatic N) is 10. The highest BCUT2D eigenvalue weighted by Crippen LogP contribution is 2.35. The van der Waals surface area contributed by atoms with Crippen molar-refractivity contribution in [3.05, 3.63) is 71.7 Å². The number of aliphatic hydroxyl groups excluding tert-OH is 1. The Kier molecular flexibility index (Phi) is 14.5. The van der Waals surface area contributed by atoms with Crippen LogP contribution >= 0.6 is 0 Å². The summed E-state index contributed by atoms with van der Waals surface area (Å²) < 4.78 is 30.2. The second-order valence-corrected chi connectivity index (χ2v) is 18.6. The summed E-state index contributed by atoms with van der Waals surface area (Å²) in [7, 11) is 0. The first-order valence-corrected chi connectivity index (χ1v) is 24.4. The van der Waals surface area contributed by atoms with Gasteiger partial charge < -0.3 is 54.2 Å². The Morgan fingerprint density at radius 1 is 0.814 bits per heavy atom. The van der Waals surface area contributed by atoms with E-state index < -0.39 is 23.9 Å². The van der Waals surface area contributed by atoms with Gasteiger partial charge in [-0.05, 0) is 88.1 Å². The van der Waals surface area contributed by atoms with Crippen LogP contribution in [0.1, 0.15) is 103 Å². The molecular formula is C48H60N14O8. The third kappa shape index (κ3) is 11.0. The van der Waals surface area contributed by atoms with Gasteiger partial charge in [0, 0.05) is 92.6 Å². The van der Waals surface area contributed by atoms with Crippen LogP contribution in [0.15, 0.2) is 48.9 Å². The van der Waals surface area contributed by atoms with Crippen LogP contribution in [-0.4, -0.2) is 163 Å². The summed E-state index contributed by atoms with van der Waals surface area (Å²) in [5.41, 5.74) is 4.05. The van der Waals surface area contributed by atoms with Crippen molar-refractivity contribution < 1.29 is 38.4 Å². The zero-order chi connectivity index (χ0) is 48.0. The number of rotatable bonds is 18. The smallest absolute Gasteiger partial charge is 0.322 e. The van der Waals surface area contributed by atoms with Gasteiger partial charge >= 0.3 is 12.0 Å². The minimum atomic E-state index is -0.468. The van der Waals surface area contributed by atoms with Gasteiger partial charge in [0.05, 0.1) is 43.8 Å². The summed E-state index contributed by atoms with van der Waals surface area (Å²) in [4.78, 5) is 66.3. The summed E-state index contributed by atoms with van der Waals surface area (Å²) in [5, 5.41) is 25.1. The molecule has 10 heterocycles. The largest absolute Gasteiger partial charge is 0.461 e. The molecule has 0 aromatic carbocycles. The highest BCUT2D eigenvalue weighted by molar-refractivity contribution is 5.93. The Labute approximate surface area is 404 Å². The maximum atomic E-state index is 13.7. The second kappa shape index (κ2) is 21.6. The number of amides is 2. The third-order valence-electron chi connectivity index (χ3n) is 13.5. The van der Waals surface area contributed by atoms with Crippen LogP contribution in [0, 0.1) is 0 Å². The van der Waals surface area contributed by atoms with Gasteiger partial charge in [-0.3, -0.25) is 14.7 Å². The summed E-state index contributed by atoms with van der Waals surface area (Å²) in [6, 6.07) is 8.94. The van der Waals surface area contributed by atoms with E-state index in [0.29, 0.717) is 63.5 Å². The molecule has 0 bridgehead atoms. The zero-order valence-electron chi connectivity index (χ0n) is 39.5. The van der Waals surface area contributed by atoms with Gasteiger partial charge in [0.25, 0.3) is 11.8 Å². The SMILES string of the molecule is C[C@H](CO)NC(=O)c1cc(N2CCC(c3n[nH]c4ncccc34)CC2)nc(OC[C@@H]2CC(OC[C@@H](C)NC(=O)c3nc(OC[C@@H]4CCCO4)nc(N4CCC(c5c[nH]c6ncccc56)CC4)n3)CO2)n1. The van der Waals surface area contributed by atoms with Gasteiger partial charge in [-0.2, -0.15) is 30.0 Å². The van der Waals surface area contributed by atoms with Crippen molar-refractivity contribution in [3.63, 3.8) is 0 Å². The normalized spacial score (nSPS) is 21.0. The van der Waals surface area contributed by atoms with E-state index in [0.717, 1.165) is 66.3 Å². The number of nitrogens with one attached hydrogen (secondary N) is 4. The molecule has 6 aromatic rings. The average molecular weight is 961 g/mol. The Hall–Kier alpha value is -6.62. The lowest BCUT2D eigenvalue weighted by atomic mass is 9.89. The summed E-state index contributed by atoms with van der Waals surface area (Å²) in [6.07, 6.45) is 10.8. The van der Waals surface area contributed by atoms with Crippen molar-refractivity contribution >= 4 is 45.6 Å². The summed E-state index contributed by atoms with van der Waals surface area (Å²) >= 11 is 0. The minimum Gasteiger partial charge on any atom is -0.461 e. The van der Waals surface area contributed by atoms with Crippen LogP contribution in [0.5, 0.6) is 12.0 Å². The summed E-state index contributed by atoms with van der Waals surface area (Å²) in [6.45, 7) is 7.74. The molecule has 5 atom stereocenters. The molecule has 6 aromatic heterocycles. The lowest BCUT2D eigenvalue weighted by Gasteiger charge is -2.32. The van der Waals surface area contributed by atoms with Gasteiger partial charge in [0.2, 0.25) is 11.8 Å². The van der Waals surface area contributed by atoms with Crippen molar-refractivity contribution in [1.82, 2.24) is 60.7 Å². The highest BCUT2D eigenvalue weighted by atomic mass is 16.6. The van der Waals surface area contributed by atoms with Gasteiger partial charge in [-0.1, -0.05) is 0 Å². The Morgan fingerprint density at radius 3 is 2.33 bits per heavy atom. The van der Waals surface area contributed by atoms with E-state index in [1.165, 1.54) is 5.56 Å². The maximum Gasteiger partial charge on any atom is 0.322 e. The molecule has 4 saturated heterocycles. The maximum absolute atomic E-state index is 13.7. The van der Waals surface area contributed by atoms with Crippen molar-refractivity contribution in [3.8, 4) is 12.0 Å². The number of fused-ring (bicyclic) bond motifs is 2. The monoisotopic (exact) mass is 960 g/mol. The molecule has 0 saturated carbocycles. The van der Waals surface area contributed by atoms with Gasteiger partial charge in [-0.15, -0.1) is 0 Å². The molecule has 370 valence electrons. The molecule has 70 heavy (non-hydrogen) atoms. The van der Waals surface area contributed by atoms with Crippen LogP contribution in [0.2, 0.25) is 0 Å². The van der Waals surface area contributed by atoms with Crippen molar-refractivity contribution in [1.29, 1.82) is 0 Å². The number of pyridine rings is 2. The third-order valence-corrected chi connectivity index (χ3v) is 13.5. The number of carbonyl (C=O) groups excluding carboxylic acids is 2. The van der Waals surface area contributed by atoms with E-state index in [9.17, 15) is 14.7 Å². The number of hydrogen-bond acceptors (Lipinski definition) is 18. The van der Waals surface area contributed by atoms with Crippen LogP contribution < -0.4 is 29.9 Å². The minimum absolute atomic E-state index is 0.0368. The number of hydrogen-bond donors (Lipinski definition) is 5. The van der Waals surface area contributed by atoms with E-state index in [1.807, 2.05) is 25.1 Å². The lowest BCUT2D eigenvalue weighted by molar-refractivity contribution is 0.0233. The van der Waals surface area contributed by atoms with E-state index >= 15 is 0 Å². The molecule has 0 radical (unpaired) electrons. The number of ether oxygens (including phenoxy) is 5. The molecule has 4 aliphatic heterocycles. The Morgan fingerprint density at radius 2 is 1.54 bits per heavy atom. The van der Waals surface area contributed by atoms with Crippen LogP contribution in [0.4, 0.5) is 11.8 Å². The fraction of sp³-hybridized carbons (Fsp3) is 0.542. The van der Waals surface area contributed by atoms with E-state index in [4.69, 9.17) is 28.7 Å². The second-order valence-electron chi connectivity index (χ2n) is 18.6. The summed E-state index contributed by atoms with van der Waals surface area (Å²) in [5.74, 6) is 0.603. The molecule has 22 nitrogen and oxygen atoms in total. The lowest BCUT2D eigenvalue weighted by Crippen LogP contribution is -2.39. The Bertz CT molecular complexity index is 2730. The van der Waals surface area contributed by atoms with Gasteiger partial charge in [0.1, 0.15) is 30.4 Å². The van der Waals surface area contributed by atoms with Gasteiger partial charge in [-0.25, -0.2) is 9.97 Å². The van der Waals surface area contributed by atoms with E-state index in [-0.39, 0.29) is 74.2 Å². The predicted octanol–water partition coefficient (Wildman–Crippen LogP) is 3.62. The zero-order valence-corrected chi connectivity index (χ0v) is 39.5. The number of aromatic nitrogens is 10. The van der Waals surface area contributed by atoms with Crippen LogP contribution in [0.3, 0.4) is 0 Å². The first-order valence-electron chi connectivity index (χ1n) is 24.4. The highest BCUT2D eigenvalue weighted by Gasteiger charge is 2.31. The fourth-order valence-corrected chi connectivity index (χ4v) is 9.65. The van der Waals surface area contributed by atoms with Crippen LogP contribution in [-0.2, 0) is 14.2 Å². The number of anilines is 2. The topological polar surface area (TPSA) is 266 Å². The predicted molar refractivity (Wildman–Crippen MR) is 255 cm³/mol. The van der Waals surface area contributed by atoms with E-state index in [1.54, 1.807) is 25.4 Å². The first kappa shape index (κ1) is 47.1. The number of carbonyl (C=O) groups is 2. The standard InChI is InChI=1S/C48H60N14O8/c1-28(23-63)52-44(64)38-21-39(61-15-11-31(12-16-61)40-36-8-4-14-50-42(36)60-59-40)55-47(54-38)70-27-34-20-33(26-68-34)67-24-29(2)53-45(65)43-56-46(58-48(57-43)69-25-32-6-5-19-66-32)62-17-9-30(10-18-62)37-22-51-41-35(37)7-3-13-49-41/h3-4,7-8,13-14,21-22,28-34,63H,5-6,9-12,15-20,23-27H2,1-2H3,(H,49,51)(H,52,64)(H,53,65)(H,50,59,60)/t28-,29-,32+,33?,34+/m1/s1. The molecule has 4 fully saturated rings. The number of piperidine rings is 2. The van der Waals surface area contributed by atoms with Crippen molar-refractivity contribution in [2.24, 2.45) is 0 Å². The number of aromatic amines is 2. The molecule has 0 aliphatic carbocycles. The molecule has 22 heteroatoms. The van der Waals surface area contributed by atoms with Crippen molar-refractivity contribution in [2.75, 3.05) is 75.6 Å². The molecule has 1 unspecified atom stereocenters. The fourth-order valence-electron chi connectivity index (χ4n) is 9.65. The average Bonchev–Trinajstić information content (AvgIpc) is 4.25. The van der Waals surface area contributed by atoms with Gasteiger partial charge in [0.15, 0.2) is 5.65 Å². The number of aliphatic hydroxyl groups is 1. The van der Waals surface area contributed by atoms with E-state index in [2.05, 4.69) is 77.8 Å². The molecule has 5 N–H and O–H groups in total. The first-order chi connectivity index (χ1) is 34.2.